The first-order valence-corrected chi connectivity index (χ1v) is 12.4. The molecular weight excluding hydrogens is 525 g/mol. The number of fused-ring (bicyclic) bond motifs is 2. The van der Waals surface area contributed by atoms with E-state index < -0.39 is 5.82 Å². The van der Waals surface area contributed by atoms with E-state index in [0.29, 0.717) is 47.3 Å². The number of hydrogen-bond donors (Lipinski definition) is 1. The highest BCUT2D eigenvalue weighted by atomic mass is 35.5. The van der Waals surface area contributed by atoms with Crippen molar-refractivity contribution in [3.8, 4) is 11.5 Å². The van der Waals surface area contributed by atoms with Gasteiger partial charge in [-0.1, -0.05) is 18.2 Å². The van der Waals surface area contributed by atoms with Gasteiger partial charge in [0.15, 0.2) is 11.5 Å². The van der Waals surface area contributed by atoms with Crippen molar-refractivity contribution in [3.05, 3.63) is 78.7 Å². The van der Waals surface area contributed by atoms with Gasteiger partial charge in [0.05, 0.1) is 22.9 Å². The molecule has 6 rings (SSSR count). The Bertz CT molecular complexity index is 1730. The lowest BCUT2D eigenvalue weighted by molar-refractivity contribution is -0.126. The van der Waals surface area contributed by atoms with Crippen LogP contribution in [0.15, 0.2) is 67.9 Å². The molecule has 5 aromatic rings. The molecule has 0 bridgehead atoms. The Morgan fingerprint density at radius 3 is 2.90 bits per heavy atom. The maximum Gasteiger partial charge on any atom is 0.247 e. The molecule has 1 N–H and O–H groups in total. The van der Waals surface area contributed by atoms with Crippen LogP contribution >= 0.6 is 11.6 Å². The highest BCUT2D eigenvalue weighted by Crippen LogP contribution is 2.35. The highest BCUT2D eigenvalue weighted by Gasteiger charge is 2.22. The van der Waals surface area contributed by atoms with Crippen molar-refractivity contribution >= 4 is 51.5 Å². The zero-order chi connectivity index (χ0) is 26.9. The first kappa shape index (κ1) is 24.5. The summed E-state index contributed by atoms with van der Waals surface area (Å²) in [6.45, 7) is 5.34. The summed E-state index contributed by atoms with van der Waals surface area (Å²) in [5.41, 5.74) is 1.69. The number of amides is 1. The van der Waals surface area contributed by atoms with Crippen LogP contribution in [-0.2, 0) is 4.79 Å². The summed E-state index contributed by atoms with van der Waals surface area (Å²) in [6, 6.07) is 9.60. The number of rotatable bonds is 6. The third-order valence-electron chi connectivity index (χ3n) is 6.23. The van der Waals surface area contributed by atoms with Crippen molar-refractivity contribution in [3.63, 3.8) is 0 Å². The minimum atomic E-state index is -0.601. The molecule has 1 aliphatic heterocycles. The van der Waals surface area contributed by atoms with Gasteiger partial charge in [0.1, 0.15) is 41.3 Å². The van der Waals surface area contributed by atoms with Gasteiger partial charge in [0, 0.05) is 31.4 Å². The fraction of sp³-hybridized carbons (Fsp3) is 0.154. The van der Waals surface area contributed by atoms with E-state index in [9.17, 15) is 4.79 Å². The summed E-state index contributed by atoms with van der Waals surface area (Å²) in [7, 11) is 0. The van der Waals surface area contributed by atoms with E-state index in [1.54, 1.807) is 27.7 Å². The first-order valence-electron chi connectivity index (χ1n) is 12.0. The largest absolute Gasteiger partial charge is 0.455 e. The highest BCUT2D eigenvalue weighted by molar-refractivity contribution is 6.32. The molecule has 1 saturated heterocycles. The van der Waals surface area contributed by atoms with Gasteiger partial charge in [-0.15, -0.1) is 0 Å². The van der Waals surface area contributed by atoms with Crippen LogP contribution in [0.2, 0.25) is 5.02 Å². The molecule has 1 fully saturated rings. The molecule has 0 saturated carbocycles. The van der Waals surface area contributed by atoms with Crippen LogP contribution in [0.3, 0.4) is 0 Å². The number of pyridine rings is 2. The van der Waals surface area contributed by atoms with E-state index in [-0.39, 0.29) is 22.4 Å². The monoisotopic (exact) mass is 545 g/mol. The summed E-state index contributed by atoms with van der Waals surface area (Å²) < 4.78 is 22.6. The lowest BCUT2D eigenvalue weighted by Crippen LogP contribution is -2.47. The molecule has 39 heavy (non-hydrogen) atoms. The average Bonchev–Trinajstić information content (AvgIpc) is 3.43. The molecule has 5 heterocycles. The topological polar surface area (TPSA) is 114 Å². The standard InChI is InChI=1S/C26H21ClFN9O2/c1-2-24(38)36-8-3-7-35(15-36)22-5-4-19-25(34-22)26(31-13-29-19)33-20-11-17(27)21(12-18(20)28)39-16-6-9-37-23(10-16)30-14-32-37/h2,4-6,9-14H,1,3,7-8,15H2,(H,29,31,33). The minimum absolute atomic E-state index is 0.0909. The number of carbonyl (C=O) groups is 1. The number of nitrogens with one attached hydrogen (secondary N) is 1. The smallest absolute Gasteiger partial charge is 0.247 e. The van der Waals surface area contributed by atoms with Gasteiger partial charge in [0.25, 0.3) is 0 Å². The number of anilines is 3. The van der Waals surface area contributed by atoms with E-state index in [1.807, 2.05) is 17.0 Å². The Kier molecular flexibility index (Phi) is 6.37. The number of hydrogen-bond acceptors (Lipinski definition) is 9. The molecule has 0 spiro atoms. The van der Waals surface area contributed by atoms with Crippen molar-refractivity contribution in [2.24, 2.45) is 0 Å². The van der Waals surface area contributed by atoms with Gasteiger partial charge in [-0.2, -0.15) is 5.10 Å². The minimum Gasteiger partial charge on any atom is -0.455 e. The zero-order valence-electron chi connectivity index (χ0n) is 20.5. The summed E-state index contributed by atoms with van der Waals surface area (Å²) >= 11 is 6.45. The van der Waals surface area contributed by atoms with E-state index in [1.165, 1.54) is 30.9 Å². The number of aromatic nitrogens is 6. The predicted molar refractivity (Wildman–Crippen MR) is 144 cm³/mol. The summed E-state index contributed by atoms with van der Waals surface area (Å²) in [5, 5.41) is 7.21. The molecular formula is C26H21ClFN9O2. The van der Waals surface area contributed by atoms with Crippen molar-refractivity contribution in [2.45, 2.75) is 6.42 Å². The fourth-order valence-electron chi connectivity index (χ4n) is 4.31. The van der Waals surface area contributed by atoms with Crippen molar-refractivity contribution in [1.29, 1.82) is 0 Å². The number of benzene rings is 1. The summed E-state index contributed by atoms with van der Waals surface area (Å²) in [6.07, 6.45) is 6.57. The summed E-state index contributed by atoms with van der Waals surface area (Å²) in [4.78, 5) is 33.2. The number of nitrogens with zero attached hydrogens (tertiary/aromatic N) is 8. The Balaban J connectivity index is 1.27. The Morgan fingerprint density at radius 2 is 2.03 bits per heavy atom. The second-order valence-corrected chi connectivity index (χ2v) is 9.15. The number of ether oxygens (including phenoxy) is 1. The second kappa shape index (κ2) is 10.1. The molecule has 196 valence electrons. The maximum atomic E-state index is 15.2. The van der Waals surface area contributed by atoms with E-state index in [2.05, 4.69) is 31.9 Å². The van der Waals surface area contributed by atoms with Crippen molar-refractivity contribution in [1.82, 2.24) is 34.4 Å². The van der Waals surface area contributed by atoms with Crippen LogP contribution in [0.25, 0.3) is 16.7 Å². The molecule has 0 aliphatic carbocycles. The zero-order valence-corrected chi connectivity index (χ0v) is 21.2. The van der Waals surface area contributed by atoms with Crippen LogP contribution < -0.4 is 15.0 Å². The number of halogens is 2. The third-order valence-corrected chi connectivity index (χ3v) is 6.52. The second-order valence-electron chi connectivity index (χ2n) is 8.74. The summed E-state index contributed by atoms with van der Waals surface area (Å²) in [5.74, 6) is 0.787. The quantitative estimate of drug-likeness (QED) is 0.306. The molecule has 0 radical (unpaired) electrons. The van der Waals surface area contributed by atoms with Crippen LogP contribution in [0.4, 0.5) is 21.7 Å². The molecule has 11 nitrogen and oxygen atoms in total. The van der Waals surface area contributed by atoms with E-state index in [0.717, 1.165) is 13.0 Å². The van der Waals surface area contributed by atoms with Gasteiger partial charge in [-0.3, -0.25) is 4.79 Å². The lowest BCUT2D eigenvalue weighted by atomic mass is 10.2. The Morgan fingerprint density at radius 1 is 1.13 bits per heavy atom. The molecule has 13 heteroatoms. The Hall–Kier alpha value is -4.84. The van der Waals surface area contributed by atoms with Gasteiger partial charge >= 0.3 is 0 Å². The predicted octanol–water partition coefficient (Wildman–Crippen LogP) is 4.58. The molecule has 1 aliphatic rings. The third kappa shape index (κ3) is 4.89. The van der Waals surface area contributed by atoms with Gasteiger partial charge < -0.3 is 19.9 Å². The van der Waals surface area contributed by atoms with Crippen LogP contribution in [0, 0.1) is 5.82 Å². The van der Waals surface area contributed by atoms with E-state index in [4.69, 9.17) is 21.3 Å². The van der Waals surface area contributed by atoms with Gasteiger partial charge in [-0.25, -0.2) is 28.8 Å². The van der Waals surface area contributed by atoms with E-state index >= 15 is 4.39 Å². The molecule has 1 aromatic carbocycles. The van der Waals surface area contributed by atoms with Gasteiger partial charge in [0.2, 0.25) is 5.91 Å². The fourth-order valence-corrected chi connectivity index (χ4v) is 4.51. The molecule has 0 unspecified atom stereocenters. The van der Waals surface area contributed by atoms with Crippen molar-refractivity contribution < 1.29 is 13.9 Å². The van der Waals surface area contributed by atoms with Gasteiger partial charge in [-0.05, 0) is 36.8 Å². The lowest BCUT2D eigenvalue weighted by Gasteiger charge is -2.35. The molecule has 1 amide bonds. The Labute approximate surface area is 226 Å². The maximum absolute atomic E-state index is 15.2. The van der Waals surface area contributed by atoms with Crippen LogP contribution in [0.1, 0.15) is 6.42 Å². The van der Waals surface area contributed by atoms with Crippen LogP contribution in [-0.4, -0.2) is 60.1 Å². The molecule has 0 atom stereocenters. The normalized spacial score (nSPS) is 13.6. The number of carbonyl (C=O) groups excluding carboxylic acids is 1. The first-order chi connectivity index (χ1) is 19.0. The van der Waals surface area contributed by atoms with Crippen LogP contribution in [0.5, 0.6) is 11.5 Å². The SMILES string of the molecule is C=CC(=O)N1CCCN(c2ccc3ncnc(Nc4cc(Cl)c(Oc5ccn6ncnc6c5)cc4F)c3n2)C1. The molecule has 4 aromatic heterocycles. The van der Waals surface area contributed by atoms with Crippen molar-refractivity contribution in [2.75, 3.05) is 30.0 Å². The average molecular weight is 546 g/mol.